The van der Waals surface area contributed by atoms with E-state index in [0.29, 0.717) is 24.5 Å². The minimum absolute atomic E-state index is 0.117. The lowest BCUT2D eigenvalue weighted by atomic mass is 9.92. The standard InChI is InChI=1S/C23H29FN6O2/c1-15-19(17-4-3-9-30(10-7-17)16(2)31)12-25-23(27-14-28-29-15)26-13-20-18-8-11-32-22(18)6-5-21(20)24/h5-6,12,14,17,29H,3-4,7-11,13H2,1-2H3,(H,26,27,28)/t17-/m0/s1. The van der Waals surface area contributed by atoms with Crippen LogP contribution in [0.1, 0.15) is 54.5 Å². The van der Waals surface area contributed by atoms with Crippen LogP contribution in [0.3, 0.4) is 0 Å². The zero-order valence-electron chi connectivity index (χ0n) is 18.5. The van der Waals surface area contributed by atoms with Crippen LogP contribution in [-0.2, 0) is 17.8 Å². The second-order valence-electron chi connectivity index (χ2n) is 8.24. The smallest absolute Gasteiger partial charge is 0.224 e. The number of halogens is 1. The molecule has 1 aromatic carbocycles. The van der Waals surface area contributed by atoms with Gasteiger partial charge in [0, 0.05) is 56.0 Å². The maximum Gasteiger partial charge on any atom is 0.224 e. The molecular formula is C23H29FN6O2. The number of ether oxygens (including phenoxy) is 1. The molecule has 3 heterocycles. The number of carbonyl (C=O) groups is 1. The molecular weight excluding hydrogens is 411 g/mol. The number of hydrogen-bond donors (Lipinski definition) is 2. The highest BCUT2D eigenvalue weighted by Crippen LogP contribution is 2.31. The number of nitrogens with zero attached hydrogens (tertiary/aromatic N) is 4. The number of aryl methyl sites for hydroxylation is 1. The molecule has 0 aliphatic carbocycles. The molecule has 32 heavy (non-hydrogen) atoms. The Kier molecular flexibility index (Phi) is 6.82. The monoisotopic (exact) mass is 440 g/mol. The Morgan fingerprint density at radius 3 is 3.03 bits per heavy atom. The molecule has 0 saturated carbocycles. The molecule has 2 aliphatic heterocycles. The van der Waals surface area contributed by atoms with Gasteiger partial charge in [0.15, 0.2) is 0 Å². The van der Waals surface area contributed by atoms with Crippen molar-refractivity contribution >= 4 is 11.9 Å². The summed E-state index contributed by atoms with van der Waals surface area (Å²) in [6, 6.07) is 3.11. The maximum absolute atomic E-state index is 14.4. The van der Waals surface area contributed by atoms with E-state index in [9.17, 15) is 9.18 Å². The fourth-order valence-electron chi connectivity index (χ4n) is 4.43. The second-order valence-corrected chi connectivity index (χ2v) is 8.24. The van der Waals surface area contributed by atoms with Crippen molar-refractivity contribution in [2.45, 2.75) is 52.0 Å². The number of H-pyrrole nitrogens is 1. The Hall–Kier alpha value is -3.23. The molecule has 0 radical (unpaired) electrons. The van der Waals surface area contributed by atoms with Crippen molar-refractivity contribution in [1.82, 2.24) is 25.1 Å². The molecule has 9 heteroatoms. The molecule has 170 valence electrons. The Morgan fingerprint density at radius 2 is 2.19 bits per heavy atom. The summed E-state index contributed by atoms with van der Waals surface area (Å²) >= 11 is 0. The van der Waals surface area contributed by atoms with Crippen LogP contribution >= 0.6 is 0 Å². The topological polar surface area (TPSA) is 96.0 Å². The first kappa shape index (κ1) is 22.0. The number of anilines is 1. The van der Waals surface area contributed by atoms with Gasteiger partial charge >= 0.3 is 0 Å². The van der Waals surface area contributed by atoms with Gasteiger partial charge in [0.2, 0.25) is 11.9 Å². The van der Waals surface area contributed by atoms with Crippen LogP contribution in [0, 0.1) is 12.7 Å². The van der Waals surface area contributed by atoms with E-state index < -0.39 is 0 Å². The van der Waals surface area contributed by atoms with Gasteiger partial charge in [-0.3, -0.25) is 9.89 Å². The van der Waals surface area contributed by atoms with Gasteiger partial charge in [0.05, 0.1) is 6.61 Å². The first-order chi connectivity index (χ1) is 15.5. The number of hydrogen-bond acceptors (Lipinski definition) is 6. The van der Waals surface area contributed by atoms with E-state index in [2.05, 4.69) is 25.5 Å². The van der Waals surface area contributed by atoms with Crippen molar-refractivity contribution in [3.63, 3.8) is 0 Å². The van der Waals surface area contributed by atoms with Crippen LogP contribution in [0.2, 0.25) is 0 Å². The van der Waals surface area contributed by atoms with Crippen LogP contribution in [0.5, 0.6) is 5.75 Å². The third-order valence-electron chi connectivity index (χ3n) is 6.21. The van der Waals surface area contributed by atoms with Crippen LogP contribution in [0.15, 0.2) is 24.7 Å². The fourth-order valence-corrected chi connectivity index (χ4v) is 4.43. The number of aromatic amines is 1. The van der Waals surface area contributed by atoms with E-state index in [1.165, 1.54) is 12.4 Å². The second kappa shape index (κ2) is 9.93. The Balaban J connectivity index is 1.56. The number of benzene rings is 1. The van der Waals surface area contributed by atoms with Gasteiger partial charge in [-0.1, -0.05) is 0 Å². The minimum atomic E-state index is -0.269. The molecule has 0 bridgehead atoms. The lowest BCUT2D eigenvalue weighted by Gasteiger charge is -2.18. The summed E-state index contributed by atoms with van der Waals surface area (Å²) in [6.45, 7) is 5.92. The summed E-state index contributed by atoms with van der Waals surface area (Å²) in [5, 5.41) is 10.3. The van der Waals surface area contributed by atoms with Crippen molar-refractivity contribution in [2.75, 3.05) is 25.0 Å². The normalized spacial score (nSPS) is 17.7. The summed E-state index contributed by atoms with van der Waals surface area (Å²) in [4.78, 5) is 22.5. The summed E-state index contributed by atoms with van der Waals surface area (Å²) in [5.74, 6) is 1.21. The molecule has 1 aromatic heterocycles. The Bertz CT molecular complexity index is 1040. The number of aromatic nitrogens is 4. The van der Waals surface area contributed by atoms with Gasteiger partial charge in [-0.2, -0.15) is 10.1 Å². The van der Waals surface area contributed by atoms with Gasteiger partial charge in [-0.05, 0) is 49.8 Å². The number of likely N-dealkylation sites (tertiary alicyclic amines) is 1. The number of amides is 1. The molecule has 0 unspecified atom stereocenters. The molecule has 2 N–H and O–H groups in total. The van der Waals surface area contributed by atoms with Crippen LogP contribution in [0.4, 0.5) is 10.3 Å². The van der Waals surface area contributed by atoms with Crippen molar-refractivity contribution in [3.8, 4) is 5.75 Å². The third kappa shape index (κ3) is 4.98. The van der Waals surface area contributed by atoms with Crippen LogP contribution < -0.4 is 10.1 Å². The molecule has 1 fully saturated rings. The average molecular weight is 441 g/mol. The summed E-state index contributed by atoms with van der Waals surface area (Å²) in [7, 11) is 0. The minimum Gasteiger partial charge on any atom is -0.493 e. The van der Waals surface area contributed by atoms with Gasteiger partial charge in [0.1, 0.15) is 17.9 Å². The number of fused-ring (bicyclic) bond motifs is 1. The quantitative estimate of drug-likeness (QED) is 0.756. The molecule has 1 amide bonds. The van der Waals surface area contributed by atoms with Crippen LogP contribution in [0.25, 0.3) is 0 Å². The molecule has 1 saturated heterocycles. The van der Waals surface area contributed by atoms with Crippen molar-refractivity contribution < 1.29 is 13.9 Å². The van der Waals surface area contributed by atoms with Gasteiger partial charge < -0.3 is 15.0 Å². The largest absolute Gasteiger partial charge is 0.493 e. The van der Waals surface area contributed by atoms with Crippen LogP contribution in [-0.4, -0.2) is 50.7 Å². The Labute approximate surface area is 186 Å². The third-order valence-corrected chi connectivity index (χ3v) is 6.21. The predicted octanol–water partition coefficient (Wildman–Crippen LogP) is 3.43. The lowest BCUT2D eigenvalue weighted by Crippen LogP contribution is -2.29. The number of carbonyl (C=O) groups excluding carboxylic acids is 1. The highest BCUT2D eigenvalue weighted by Gasteiger charge is 2.22. The molecule has 0 spiro atoms. The van der Waals surface area contributed by atoms with Gasteiger partial charge in [0.25, 0.3) is 0 Å². The van der Waals surface area contributed by atoms with Gasteiger partial charge in [-0.15, -0.1) is 0 Å². The summed E-state index contributed by atoms with van der Waals surface area (Å²) in [5.41, 5.74) is 3.43. The summed E-state index contributed by atoms with van der Waals surface area (Å²) < 4.78 is 20.0. The van der Waals surface area contributed by atoms with Crippen molar-refractivity contribution in [3.05, 3.63) is 52.9 Å². The zero-order valence-corrected chi connectivity index (χ0v) is 18.5. The van der Waals surface area contributed by atoms with E-state index in [1.807, 2.05) is 18.0 Å². The molecule has 8 nitrogen and oxygen atoms in total. The molecule has 2 aromatic rings. The van der Waals surface area contributed by atoms with E-state index in [4.69, 9.17) is 4.74 Å². The fraction of sp³-hybridized carbons (Fsp3) is 0.478. The predicted molar refractivity (Wildman–Crippen MR) is 118 cm³/mol. The van der Waals surface area contributed by atoms with Crippen molar-refractivity contribution in [2.24, 2.45) is 0 Å². The number of nitrogens with one attached hydrogen (secondary N) is 2. The highest BCUT2D eigenvalue weighted by atomic mass is 19.1. The zero-order chi connectivity index (χ0) is 22.5. The molecule has 1 atom stereocenters. The first-order valence-corrected chi connectivity index (χ1v) is 11.1. The summed E-state index contributed by atoms with van der Waals surface area (Å²) in [6.07, 6.45) is 6.67. The molecule has 4 rings (SSSR count). The lowest BCUT2D eigenvalue weighted by molar-refractivity contribution is -0.128. The maximum atomic E-state index is 14.4. The van der Waals surface area contributed by atoms with E-state index in [0.717, 1.165) is 54.9 Å². The SMILES string of the molecule is CC(=O)N1CCC[C@H](c2cnc(NCc3c(F)ccc4c3CCO4)ncn[nH]c2C)CC1. The highest BCUT2D eigenvalue weighted by molar-refractivity contribution is 5.73. The van der Waals surface area contributed by atoms with E-state index in [-0.39, 0.29) is 24.2 Å². The van der Waals surface area contributed by atoms with E-state index in [1.54, 1.807) is 13.0 Å². The first-order valence-electron chi connectivity index (χ1n) is 11.1. The average Bonchev–Trinajstić information content (AvgIpc) is 3.15. The Morgan fingerprint density at radius 1 is 1.31 bits per heavy atom. The number of rotatable bonds is 4. The van der Waals surface area contributed by atoms with Crippen molar-refractivity contribution in [1.29, 1.82) is 0 Å². The van der Waals surface area contributed by atoms with E-state index >= 15 is 0 Å². The molecule has 2 aliphatic rings. The van der Waals surface area contributed by atoms with Gasteiger partial charge in [-0.25, -0.2) is 9.37 Å².